The van der Waals surface area contributed by atoms with Gasteiger partial charge in [0.15, 0.2) is 0 Å². The highest BCUT2D eigenvalue weighted by Crippen LogP contribution is 2.21. The average molecular weight is 345 g/mol. The Bertz CT molecular complexity index is 710. The van der Waals surface area contributed by atoms with Gasteiger partial charge in [-0.1, -0.05) is 0 Å². The lowest BCUT2D eigenvalue weighted by Crippen LogP contribution is -2.22. The van der Waals surface area contributed by atoms with Crippen LogP contribution in [0.15, 0.2) is 52.1 Å². The summed E-state index contributed by atoms with van der Waals surface area (Å²) in [7, 11) is -3.83. The van der Waals surface area contributed by atoms with Crippen molar-refractivity contribution in [2.75, 3.05) is 4.83 Å². The number of benzene rings is 1. The first-order valence-corrected chi connectivity index (χ1v) is 7.36. The van der Waals surface area contributed by atoms with Gasteiger partial charge in [0, 0.05) is 16.9 Å². The van der Waals surface area contributed by atoms with Gasteiger partial charge >= 0.3 is 5.97 Å². The van der Waals surface area contributed by atoms with E-state index in [1.54, 1.807) is 12.1 Å². The Labute approximate surface area is 117 Å². The highest BCUT2D eigenvalue weighted by molar-refractivity contribution is 9.10. The predicted molar refractivity (Wildman–Crippen MR) is 72.1 cm³/mol. The number of aromatic carboxylic acids is 1. The number of hydrogen-bond donors (Lipinski definition) is 2. The van der Waals surface area contributed by atoms with Crippen LogP contribution in [-0.4, -0.2) is 24.2 Å². The molecule has 2 rings (SSSR count). The van der Waals surface area contributed by atoms with Crippen LogP contribution in [0.1, 0.15) is 10.4 Å². The number of carboxylic acid groups (broad SMARTS) is 1. The molecule has 0 aliphatic carbocycles. The van der Waals surface area contributed by atoms with Crippen LogP contribution in [0.4, 0.5) is 0 Å². The van der Waals surface area contributed by atoms with Gasteiger partial charge in [0.2, 0.25) is 0 Å². The van der Waals surface area contributed by atoms with Crippen LogP contribution in [0.5, 0.6) is 0 Å². The summed E-state index contributed by atoms with van der Waals surface area (Å²) in [5.74, 6) is -1.20. The maximum Gasteiger partial charge on any atom is 0.336 e. The Balaban J connectivity index is 2.41. The zero-order chi connectivity index (χ0) is 14.0. The zero-order valence-corrected chi connectivity index (χ0v) is 11.8. The zero-order valence-electron chi connectivity index (χ0n) is 9.45. The van der Waals surface area contributed by atoms with Crippen molar-refractivity contribution in [1.29, 1.82) is 0 Å². The van der Waals surface area contributed by atoms with E-state index < -0.39 is 16.0 Å². The summed E-state index contributed by atoms with van der Waals surface area (Å²) in [5.41, 5.74) is -0.115. The van der Waals surface area contributed by atoms with Crippen molar-refractivity contribution in [2.45, 2.75) is 4.90 Å². The van der Waals surface area contributed by atoms with Crippen molar-refractivity contribution in [3.05, 3.63) is 52.8 Å². The lowest BCUT2D eigenvalue weighted by molar-refractivity contribution is 0.0695. The molecule has 0 aliphatic heterocycles. The van der Waals surface area contributed by atoms with Crippen molar-refractivity contribution in [3.8, 4) is 0 Å². The molecule has 0 spiro atoms. The molecule has 100 valence electrons. The van der Waals surface area contributed by atoms with Crippen LogP contribution in [0.2, 0.25) is 0 Å². The second-order valence-corrected chi connectivity index (χ2v) is 6.15. The molecule has 8 heteroatoms. The minimum atomic E-state index is -3.83. The minimum Gasteiger partial charge on any atom is -0.478 e. The summed E-state index contributed by atoms with van der Waals surface area (Å²) in [6.45, 7) is 0. The fraction of sp³-hybridized carbons (Fsp3) is 0. The van der Waals surface area contributed by atoms with Crippen LogP contribution in [0.3, 0.4) is 0 Å². The Morgan fingerprint density at radius 1 is 1.26 bits per heavy atom. The molecule has 0 atom stereocenters. The van der Waals surface area contributed by atoms with Gasteiger partial charge in [-0.25, -0.2) is 9.63 Å². The third-order valence-corrected chi connectivity index (χ3v) is 4.33. The molecule has 0 saturated heterocycles. The molecule has 6 nitrogen and oxygen atoms in total. The lowest BCUT2D eigenvalue weighted by Gasteiger charge is -2.09. The first kappa shape index (κ1) is 13.6. The molecule has 0 unspecified atom stereocenters. The average Bonchev–Trinajstić information content (AvgIpc) is 2.80. The number of sulfonamides is 1. The summed E-state index contributed by atoms with van der Waals surface area (Å²) < 4.78 is 25.7. The van der Waals surface area contributed by atoms with Gasteiger partial charge in [-0.05, 0) is 46.3 Å². The monoisotopic (exact) mass is 344 g/mol. The summed E-state index contributed by atoms with van der Waals surface area (Å²) in [5, 5.41) is 8.96. The van der Waals surface area contributed by atoms with E-state index in [2.05, 4.69) is 20.8 Å². The molecular weight excluding hydrogens is 336 g/mol. The molecule has 2 N–H and O–H groups in total. The smallest absolute Gasteiger partial charge is 0.336 e. The summed E-state index contributed by atoms with van der Waals surface area (Å²) in [6.07, 6.45) is 3.04. The normalized spacial score (nSPS) is 11.2. The van der Waals surface area contributed by atoms with Gasteiger partial charge in [0.1, 0.15) is 0 Å². The van der Waals surface area contributed by atoms with Gasteiger partial charge in [0.05, 0.1) is 10.5 Å². The first-order valence-electron chi connectivity index (χ1n) is 5.09. The van der Waals surface area contributed by atoms with Crippen molar-refractivity contribution >= 4 is 31.9 Å². The molecule has 0 aliphatic rings. The standard InChI is InChI=1S/C11H9BrN2O4S/c12-10-4-3-8(7-9(10)11(15)16)19(17,18)13-14-5-1-2-6-14/h1-7,13H,(H,15,16). The molecule has 1 heterocycles. The van der Waals surface area contributed by atoms with Crippen LogP contribution in [0.25, 0.3) is 0 Å². The molecule has 0 saturated carbocycles. The van der Waals surface area contributed by atoms with Gasteiger partial charge in [-0.15, -0.1) is 0 Å². The van der Waals surface area contributed by atoms with Crippen molar-refractivity contribution in [2.24, 2.45) is 0 Å². The van der Waals surface area contributed by atoms with E-state index in [0.29, 0.717) is 4.47 Å². The summed E-state index contributed by atoms with van der Waals surface area (Å²) in [6, 6.07) is 7.12. The molecular formula is C11H9BrN2O4S. The number of carboxylic acids is 1. The summed E-state index contributed by atoms with van der Waals surface area (Å²) in [4.78, 5) is 13.1. The minimum absolute atomic E-state index is 0.115. The van der Waals surface area contributed by atoms with E-state index in [9.17, 15) is 13.2 Å². The molecule has 19 heavy (non-hydrogen) atoms. The molecule has 0 bridgehead atoms. The molecule has 1 aromatic carbocycles. The Morgan fingerprint density at radius 2 is 1.89 bits per heavy atom. The number of halogens is 1. The van der Waals surface area contributed by atoms with E-state index in [1.807, 2.05) is 0 Å². The number of hydrogen-bond acceptors (Lipinski definition) is 3. The molecule has 0 amide bonds. The summed E-state index contributed by atoms with van der Waals surface area (Å²) >= 11 is 3.06. The van der Waals surface area contributed by atoms with Crippen LogP contribution in [-0.2, 0) is 10.0 Å². The third-order valence-electron chi connectivity index (χ3n) is 2.31. The van der Waals surface area contributed by atoms with Crippen molar-refractivity contribution in [1.82, 2.24) is 4.68 Å². The van der Waals surface area contributed by atoms with Crippen LogP contribution < -0.4 is 4.83 Å². The van der Waals surface area contributed by atoms with E-state index in [0.717, 1.165) is 6.07 Å². The number of carbonyl (C=O) groups is 1. The maximum absolute atomic E-state index is 12.0. The van der Waals surface area contributed by atoms with Crippen LogP contribution in [0, 0.1) is 0 Å². The van der Waals surface area contributed by atoms with E-state index >= 15 is 0 Å². The SMILES string of the molecule is O=C(O)c1cc(S(=O)(=O)Nn2cccc2)ccc1Br. The third kappa shape index (κ3) is 2.96. The van der Waals surface area contributed by atoms with Gasteiger partial charge in [-0.3, -0.25) is 4.68 Å². The number of nitrogens with zero attached hydrogens (tertiary/aromatic N) is 1. The Morgan fingerprint density at radius 3 is 2.47 bits per heavy atom. The van der Waals surface area contributed by atoms with Crippen LogP contribution >= 0.6 is 15.9 Å². The highest BCUT2D eigenvalue weighted by atomic mass is 79.9. The predicted octanol–water partition coefficient (Wildman–Crippen LogP) is 1.88. The highest BCUT2D eigenvalue weighted by Gasteiger charge is 2.18. The van der Waals surface area contributed by atoms with E-state index in [1.165, 1.54) is 29.2 Å². The number of nitrogens with one attached hydrogen (secondary N) is 1. The van der Waals surface area contributed by atoms with E-state index in [-0.39, 0.29) is 10.5 Å². The van der Waals surface area contributed by atoms with Crippen molar-refractivity contribution in [3.63, 3.8) is 0 Å². The van der Waals surface area contributed by atoms with Gasteiger partial charge in [-0.2, -0.15) is 8.42 Å². The fourth-order valence-corrected chi connectivity index (χ4v) is 2.86. The second kappa shape index (κ2) is 5.06. The molecule has 0 radical (unpaired) electrons. The number of aromatic nitrogens is 1. The molecule has 0 fully saturated rings. The second-order valence-electron chi connectivity index (χ2n) is 3.63. The van der Waals surface area contributed by atoms with Gasteiger partial charge < -0.3 is 5.11 Å². The largest absolute Gasteiger partial charge is 0.478 e. The Kier molecular flexibility index (Phi) is 3.63. The van der Waals surface area contributed by atoms with Gasteiger partial charge in [0.25, 0.3) is 10.0 Å². The quantitative estimate of drug-likeness (QED) is 0.886. The fourth-order valence-electron chi connectivity index (χ4n) is 1.42. The first-order chi connectivity index (χ1) is 8.90. The number of rotatable bonds is 4. The molecule has 1 aromatic heterocycles. The van der Waals surface area contributed by atoms with Crippen molar-refractivity contribution < 1.29 is 18.3 Å². The Hall–Kier alpha value is -1.80. The molecule has 2 aromatic rings. The van der Waals surface area contributed by atoms with E-state index in [4.69, 9.17) is 5.11 Å². The maximum atomic E-state index is 12.0. The topological polar surface area (TPSA) is 88.4 Å². The lowest BCUT2D eigenvalue weighted by atomic mass is 10.2.